The van der Waals surface area contributed by atoms with Crippen LogP contribution in [0.4, 0.5) is 17.1 Å². The van der Waals surface area contributed by atoms with Crippen LogP contribution < -0.4 is 21.1 Å². The van der Waals surface area contributed by atoms with Crippen LogP contribution in [0.1, 0.15) is 98.5 Å². The first-order chi connectivity index (χ1) is 35.4. The summed E-state index contributed by atoms with van der Waals surface area (Å²) in [7, 11) is 0. The van der Waals surface area contributed by atoms with Gasteiger partial charge in [-0.25, -0.2) is 4.79 Å². The van der Waals surface area contributed by atoms with Crippen molar-refractivity contribution < 1.29 is 43.5 Å². The van der Waals surface area contributed by atoms with E-state index < -0.39 is 5.97 Å². The largest absolute Gasteiger partial charge is 0.508 e. The highest BCUT2D eigenvalue weighted by atomic mass is 35.5. The predicted octanol–water partition coefficient (Wildman–Crippen LogP) is 15.0. The van der Waals surface area contributed by atoms with Gasteiger partial charge >= 0.3 is 5.97 Å². The van der Waals surface area contributed by atoms with Crippen LogP contribution in [0.25, 0.3) is 0 Å². The molecule has 8 aromatic rings. The Kier molecular flexibility index (Phi) is 22.6. The summed E-state index contributed by atoms with van der Waals surface area (Å²) in [5.41, 5.74) is 19.1. The number of nitrogens with two attached hydrogens (primary N) is 1. The number of phenols is 2. The number of amides is 2. The number of carboxylic acids is 1. The first-order valence-electron chi connectivity index (χ1n) is 23.0. The number of carboxylic acid groups (broad SMARTS) is 1. The monoisotopic (exact) mass is 1100 g/mol. The number of benzene rings is 6. The second-order valence-corrected chi connectivity index (χ2v) is 18.5. The van der Waals surface area contributed by atoms with Crippen molar-refractivity contribution in [3.63, 3.8) is 0 Å². The minimum atomic E-state index is -1.10. The highest BCUT2D eigenvalue weighted by molar-refractivity contribution is 6.35. The Labute approximate surface area is 456 Å². The molecule has 0 saturated heterocycles. The number of anilines is 3. The van der Waals surface area contributed by atoms with E-state index in [9.17, 15) is 19.5 Å². The maximum absolute atomic E-state index is 12.6. The highest BCUT2D eigenvalue weighted by Crippen LogP contribution is 2.28. The number of rotatable bonds is 9. The SMILES string of the molecule is Cc1cccc(N)c1C.Cc1cccc(NC(=O)c2ccc(O)cc2Cl)c1C.Cc1cccc(NC(=O)c2ccc(OCc3c(C)noc3C)cc2Cl)c1C.Cc1noc(C)c1CCl.O=C(O)c1ccc(O)cc1Cl. The molecule has 0 unspecified atom stereocenters. The second-order valence-electron chi connectivity index (χ2n) is 17.0. The van der Waals surface area contributed by atoms with Gasteiger partial charge in [-0.05, 0) is 175 Å². The summed E-state index contributed by atoms with van der Waals surface area (Å²) in [6.45, 7) is 19.8. The molecule has 8 rings (SSSR count). The Bertz CT molecular complexity index is 3220. The van der Waals surface area contributed by atoms with E-state index >= 15 is 0 Å². The number of alkyl halides is 1. The van der Waals surface area contributed by atoms with Gasteiger partial charge in [0.1, 0.15) is 35.4 Å². The topological polar surface area (TPSA) is 223 Å². The van der Waals surface area contributed by atoms with Crippen molar-refractivity contribution in [2.45, 2.75) is 81.7 Å². The van der Waals surface area contributed by atoms with Crippen LogP contribution in [0.5, 0.6) is 17.2 Å². The number of carbonyl (C=O) groups is 3. The van der Waals surface area contributed by atoms with Crippen molar-refractivity contribution in [2.75, 3.05) is 16.4 Å². The first-order valence-corrected chi connectivity index (χ1v) is 24.7. The number of phenolic OH excluding ortho intramolecular Hbond substituents is 2. The Hall–Kier alpha value is -7.49. The molecule has 0 aliphatic carbocycles. The lowest BCUT2D eigenvalue weighted by Gasteiger charge is -2.12. The normalized spacial score (nSPS) is 10.2. The minimum absolute atomic E-state index is 0.00975. The summed E-state index contributed by atoms with van der Waals surface area (Å²) in [5, 5.41) is 40.6. The van der Waals surface area contributed by atoms with Gasteiger partial charge in [-0.1, -0.05) is 81.5 Å². The maximum atomic E-state index is 12.6. The van der Waals surface area contributed by atoms with Crippen molar-refractivity contribution in [3.8, 4) is 17.2 Å². The van der Waals surface area contributed by atoms with Crippen molar-refractivity contribution >= 4 is 81.2 Å². The van der Waals surface area contributed by atoms with E-state index in [0.717, 1.165) is 73.4 Å². The maximum Gasteiger partial charge on any atom is 0.337 e. The van der Waals surface area contributed by atoms with Crippen molar-refractivity contribution in [2.24, 2.45) is 0 Å². The lowest BCUT2D eigenvalue weighted by atomic mass is 10.1. The zero-order valence-electron chi connectivity index (χ0n) is 43.1. The molecular formula is C57H59Cl4N5O9. The third-order valence-corrected chi connectivity index (χ3v) is 13.0. The number of nitrogens with zero attached hydrogens (tertiary/aromatic N) is 2. The van der Waals surface area contributed by atoms with Crippen molar-refractivity contribution in [1.82, 2.24) is 10.3 Å². The van der Waals surface area contributed by atoms with E-state index in [2.05, 4.69) is 33.9 Å². The fraction of sp³-hybridized carbons (Fsp3) is 0.211. The fourth-order valence-electron chi connectivity index (χ4n) is 6.62. The molecule has 0 bridgehead atoms. The van der Waals surface area contributed by atoms with Crippen LogP contribution in [-0.2, 0) is 12.5 Å². The molecule has 6 aromatic carbocycles. The Morgan fingerprint density at radius 3 is 1.35 bits per heavy atom. The number of ether oxygens (including phenoxy) is 1. The molecule has 0 spiro atoms. The summed E-state index contributed by atoms with van der Waals surface area (Å²) in [5.74, 6) is 0.947. The fourth-order valence-corrected chi connectivity index (χ4v) is 7.77. The Balaban J connectivity index is 0.000000219. The van der Waals surface area contributed by atoms with Crippen LogP contribution in [-0.4, -0.2) is 43.4 Å². The number of aromatic hydroxyl groups is 2. The van der Waals surface area contributed by atoms with Gasteiger partial charge in [-0.15, -0.1) is 11.6 Å². The van der Waals surface area contributed by atoms with Crippen LogP contribution in [0.15, 0.2) is 118 Å². The molecule has 14 nitrogen and oxygen atoms in total. The second kappa shape index (κ2) is 28.3. The number of aromatic nitrogens is 2. The number of hydrogen-bond donors (Lipinski definition) is 6. The average Bonchev–Trinajstić information content (AvgIpc) is 3.86. The molecule has 0 saturated carbocycles. The highest BCUT2D eigenvalue weighted by Gasteiger charge is 2.16. The predicted molar refractivity (Wildman–Crippen MR) is 299 cm³/mol. The lowest BCUT2D eigenvalue weighted by molar-refractivity contribution is 0.0696. The molecule has 18 heteroatoms. The van der Waals surface area contributed by atoms with Crippen molar-refractivity contribution in [1.29, 1.82) is 0 Å². The van der Waals surface area contributed by atoms with Gasteiger partial charge in [-0.3, -0.25) is 9.59 Å². The summed E-state index contributed by atoms with van der Waals surface area (Å²) in [4.78, 5) is 35.1. The Morgan fingerprint density at radius 1 is 0.560 bits per heavy atom. The quantitative estimate of drug-likeness (QED) is 0.0587. The molecule has 7 N–H and O–H groups in total. The third-order valence-electron chi connectivity index (χ3n) is 11.8. The van der Waals surface area contributed by atoms with E-state index in [-0.39, 0.29) is 38.9 Å². The number of aromatic carboxylic acids is 1. The zero-order chi connectivity index (χ0) is 55.7. The van der Waals surface area contributed by atoms with Gasteiger partial charge in [0.15, 0.2) is 0 Å². The Morgan fingerprint density at radius 2 is 0.973 bits per heavy atom. The summed E-state index contributed by atoms with van der Waals surface area (Å²) in [6, 6.07) is 30.5. The molecule has 394 valence electrons. The molecule has 75 heavy (non-hydrogen) atoms. The smallest absolute Gasteiger partial charge is 0.337 e. The van der Waals surface area contributed by atoms with Crippen LogP contribution >= 0.6 is 46.4 Å². The van der Waals surface area contributed by atoms with Crippen LogP contribution in [0.3, 0.4) is 0 Å². The van der Waals surface area contributed by atoms with E-state index in [1.165, 1.54) is 47.5 Å². The van der Waals surface area contributed by atoms with E-state index in [4.69, 9.17) is 76.1 Å². The minimum Gasteiger partial charge on any atom is -0.508 e. The molecule has 0 fully saturated rings. The summed E-state index contributed by atoms with van der Waals surface area (Å²) < 4.78 is 15.7. The molecule has 2 heterocycles. The summed E-state index contributed by atoms with van der Waals surface area (Å²) in [6.07, 6.45) is 0. The number of halogens is 4. The first kappa shape index (κ1) is 60.1. The van der Waals surface area contributed by atoms with Gasteiger partial charge < -0.3 is 45.5 Å². The molecular weight excluding hydrogens is 1040 g/mol. The number of carbonyl (C=O) groups excluding carboxylic acids is 2. The molecule has 2 amide bonds. The van der Waals surface area contributed by atoms with E-state index in [1.54, 1.807) is 18.2 Å². The van der Waals surface area contributed by atoms with Crippen LogP contribution in [0.2, 0.25) is 15.1 Å². The molecule has 2 aromatic heterocycles. The summed E-state index contributed by atoms with van der Waals surface area (Å²) >= 11 is 23.3. The van der Waals surface area contributed by atoms with Gasteiger partial charge in [0, 0.05) is 22.6 Å². The van der Waals surface area contributed by atoms with Gasteiger partial charge in [0.2, 0.25) is 0 Å². The third kappa shape index (κ3) is 17.3. The molecule has 0 atom stereocenters. The zero-order valence-corrected chi connectivity index (χ0v) is 46.1. The van der Waals surface area contributed by atoms with Crippen LogP contribution in [0, 0.1) is 69.2 Å². The molecule has 0 aliphatic heterocycles. The number of nitrogens with one attached hydrogen (secondary N) is 2. The van der Waals surface area contributed by atoms with E-state index in [0.29, 0.717) is 34.4 Å². The number of nitrogen functional groups attached to an aromatic ring is 1. The molecule has 0 aliphatic rings. The van der Waals surface area contributed by atoms with E-state index in [1.807, 2.05) is 111 Å². The number of hydrogen-bond acceptors (Lipinski definition) is 11. The van der Waals surface area contributed by atoms with Gasteiger partial charge in [0.25, 0.3) is 11.8 Å². The lowest BCUT2D eigenvalue weighted by Crippen LogP contribution is -2.13. The van der Waals surface area contributed by atoms with Gasteiger partial charge in [0.05, 0.1) is 54.6 Å². The average molecular weight is 1100 g/mol. The molecule has 0 radical (unpaired) electrons. The van der Waals surface area contributed by atoms with Gasteiger partial charge in [-0.2, -0.15) is 0 Å². The number of aryl methyl sites for hydroxylation is 7. The standard InChI is InChI=1S/C21H21ClN2O3.C15H14ClNO2.C8H11N.C7H5ClO3.C6H8ClNO/c1-12-6-5-7-20(13(12)2)23-21(25)17-9-8-16(10-19(17)22)26-11-18-14(3)24-27-15(18)4;1-9-4-3-5-14(10(9)2)17-15(19)12-7-6-11(18)8-13(12)16;1-6-4-3-5-8(9)7(6)2;8-6-3-4(9)1-2-5(6)7(10)11;1-4-6(3-7)5(2)9-8-4/h5-10H,11H2,1-4H3,(H,23,25);3-8,18H,1-2H3,(H,17,19);3-5H,9H2,1-2H3;1-3,9H,(H,10,11);3H2,1-2H3. The van der Waals surface area contributed by atoms with Crippen molar-refractivity contribution in [3.05, 3.63) is 208 Å².